The van der Waals surface area contributed by atoms with Crippen LogP contribution in [0.15, 0.2) is 95.6 Å². The first-order valence-electron chi connectivity index (χ1n) is 18.4. The van der Waals surface area contributed by atoms with Crippen LogP contribution in [0.5, 0.6) is 0 Å². The normalized spacial score (nSPS) is 30.8. The number of rotatable bonds is 4. The monoisotopic (exact) mass is 611 g/mol. The van der Waals surface area contributed by atoms with E-state index >= 15 is 0 Å². The van der Waals surface area contributed by atoms with Gasteiger partial charge in [0, 0.05) is 12.1 Å². The van der Waals surface area contributed by atoms with E-state index in [1.165, 1.54) is 53.5 Å². The minimum absolute atomic E-state index is 0.228. The van der Waals surface area contributed by atoms with Crippen LogP contribution in [0.2, 0.25) is 0 Å². The molecule has 2 aromatic rings. The number of hydrogen-bond donors (Lipinski definition) is 1. The van der Waals surface area contributed by atoms with E-state index in [4.69, 9.17) is 0 Å². The molecule has 6 unspecified atom stereocenters. The molecule has 7 atom stereocenters. The Labute approximate surface area is 280 Å². The Kier molecular flexibility index (Phi) is 8.24. The fourth-order valence-corrected chi connectivity index (χ4v) is 9.43. The zero-order valence-electron chi connectivity index (χ0n) is 29.8. The van der Waals surface area contributed by atoms with Crippen LogP contribution in [0.4, 0.5) is 0 Å². The highest BCUT2D eigenvalue weighted by Gasteiger charge is 2.41. The molecule has 1 nitrogen and oxygen atoms in total. The van der Waals surface area contributed by atoms with Gasteiger partial charge < -0.3 is 5.32 Å². The lowest BCUT2D eigenvalue weighted by Crippen LogP contribution is -2.54. The van der Waals surface area contributed by atoms with Gasteiger partial charge in [-0.1, -0.05) is 134 Å². The summed E-state index contributed by atoms with van der Waals surface area (Å²) in [5, 5.41) is 4.18. The van der Waals surface area contributed by atoms with Gasteiger partial charge in [-0.2, -0.15) is 0 Å². The van der Waals surface area contributed by atoms with Crippen LogP contribution in [0.25, 0.3) is 11.1 Å². The largest absolute Gasteiger partial charge is 0.306 e. The average molecular weight is 612 g/mol. The van der Waals surface area contributed by atoms with Crippen molar-refractivity contribution >= 4 is 11.1 Å². The Hall–Kier alpha value is -2.90. The second kappa shape index (κ2) is 12.0. The predicted molar refractivity (Wildman–Crippen MR) is 198 cm³/mol. The van der Waals surface area contributed by atoms with Crippen LogP contribution in [0, 0.1) is 34.5 Å². The van der Waals surface area contributed by atoms with Gasteiger partial charge in [0.25, 0.3) is 0 Å². The molecule has 242 valence electrons. The summed E-state index contributed by atoms with van der Waals surface area (Å²) in [4.78, 5) is 0. The molecule has 46 heavy (non-hydrogen) atoms. The van der Waals surface area contributed by atoms with E-state index in [0.717, 1.165) is 12.8 Å². The molecule has 7 rings (SSSR count). The Morgan fingerprint density at radius 1 is 0.848 bits per heavy atom. The maximum atomic E-state index is 4.18. The summed E-state index contributed by atoms with van der Waals surface area (Å²) in [6.07, 6.45) is 19.7. The number of hydrogen-bond acceptors (Lipinski definition) is 1. The van der Waals surface area contributed by atoms with Gasteiger partial charge in [0.2, 0.25) is 0 Å². The molecule has 0 bridgehead atoms. The Bertz CT molecular complexity index is 1620. The van der Waals surface area contributed by atoms with Crippen LogP contribution in [-0.4, -0.2) is 12.1 Å². The third kappa shape index (κ3) is 5.76. The molecule has 0 radical (unpaired) electrons. The SMILES string of the molecule is CC1C2=C(c3ccccc3C1CCc1ccc(C3=CC(C(C)(C)C)CC4=C3C=CC3CCC(C(C)(C)C)NC43)cc1)[C@@H](C)CC=C2. The molecule has 1 saturated heterocycles. The van der Waals surface area contributed by atoms with Gasteiger partial charge in [0.1, 0.15) is 0 Å². The fourth-order valence-electron chi connectivity index (χ4n) is 9.43. The second-order valence-corrected chi connectivity index (χ2v) is 17.5. The molecule has 2 aromatic carbocycles. The fraction of sp³-hybridized carbons (Fsp3) is 0.511. The number of piperidine rings is 1. The van der Waals surface area contributed by atoms with Crippen molar-refractivity contribution in [3.63, 3.8) is 0 Å². The molecule has 4 aliphatic carbocycles. The summed E-state index contributed by atoms with van der Waals surface area (Å²) in [5.74, 6) is 2.88. The van der Waals surface area contributed by atoms with Crippen molar-refractivity contribution in [3.05, 3.63) is 118 Å². The van der Waals surface area contributed by atoms with E-state index in [9.17, 15) is 0 Å². The van der Waals surface area contributed by atoms with E-state index in [2.05, 4.69) is 140 Å². The van der Waals surface area contributed by atoms with Gasteiger partial charge in [0.05, 0.1) is 0 Å². The van der Waals surface area contributed by atoms with E-state index in [0.29, 0.717) is 41.7 Å². The molecule has 1 N–H and O–H groups in total. The Morgan fingerprint density at radius 2 is 1.61 bits per heavy atom. The molecule has 0 saturated carbocycles. The van der Waals surface area contributed by atoms with Crippen LogP contribution in [-0.2, 0) is 6.42 Å². The first-order valence-corrected chi connectivity index (χ1v) is 18.4. The van der Waals surface area contributed by atoms with Gasteiger partial charge in [-0.05, 0) is 129 Å². The van der Waals surface area contributed by atoms with Gasteiger partial charge >= 0.3 is 0 Å². The molecular formula is C45H57N. The maximum absolute atomic E-state index is 4.18. The minimum atomic E-state index is 0.228. The quantitative estimate of drug-likeness (QED) is 0.363. The van der Waals surface area contributed by atoms with E-state index in [-0.39, 0.29) is 10.8 Å². The highest BCUT2D eigenvalue weighted by atomic mass is 15.0. The number of nitrogens with one attached hydrogen (secondary N) is 1. The first-order chi connectivity index (χ1) is 21.9. The lowest BCUT2D eigenvalue weighted by atomic mass is 9.65. The van der Waals surface area contributed by atoms with Crippen molar-refractivity contribution in [2.75, 3.05) is 0 Å². The van der Waals surface area contributed by atoms with Crippen LogP contribution in [0.1, 0.15) is 116 Å². The topological polar surface area (TPSA) is 12.0 Å². The molecule has 1 aliphatic heterocycles. The summed E-state index contributed by atoms with van der Waals surface area (Å²) < 4.78 is 0. The van der Waals surface area contributed by atoms with Crippen molar-refractivity contribution in [2.24, 2.45) is 34.5 Å². The Balaban J connectivity index is 1.14. The zero-order valence-corrected chi connectivity index (χ0v) is 29.8. The van der Waals surface area contributed by atoms with Crippen molar-refractivity contribution in [3.8, 4) is 0 Å². The lowest BCUT2D eigenvalue weighted by molar-refractivity contribution is 0.172. The van der Waals surface area contributed by atoms with E-state index in [1.807, 2.05) is 0 Å². The third-order valence-corrected chi connectivity index (χ3v) is 12.4. The number of aryl methyl sites for hydroxylation is 1. The van der Waals surface area contributed by atoms with Crippen LogP contribution in [0.3, 0.4) is 0 Å². The number of benzene rings is 2. The molecule has 0 amide bonds. The second-order valence-electron chi connectivity index (χ2n) is 17.5. The van der Waals surface area contributed by atoms with Crippen LogP contribution >= 0.6 is 0 Å². The van der Waals surface area contributed by atoms with Gasteiger partial charge in [-0.25, -0.2) is 0 Å². The van der Waals surface area contributed by atoms with Crippen molar-refractivity contribution in [1.29, 1.82) is 0 Å². The number of fused-ring (bicyclic) bond motifs is 4. The van der Waals surface area contributed by atoms with E-state index < -0.39 is 0 Å². The van der Waals surface area contributed by atoms with Crippen molar-refractivity contribution in [1.82, 2.24) is 5.32 Å². The maximum Gasteiger partial charge on any atom is 0.0354 e. The molecule has 0 aromatic heterocycles. The molecule has 1 heteroatoms. The third-order valence-electron chi connectivity index (χ3n) is 12.4. The number of allylic oxidation sites excluding steroid dienone is 8. The molecule has 1 heterocycles. The minimum Gasteiger partial charge on any atom is -0.306 e. The summed E-state index contributed by atoms with van der Waals surface area (Å²) >= 11 is 0. The standard InChI is InChI=1S/C45H57N/c1-28-12-11-15-35-29(2)34(36-13-9-10-14-38(36)42(28)35)23-18-30-16-19-31(20-17-30)39-26-33(44(3,4)5)27-40-37(39)24-21-32-22-25-41(45(6,7)8)46-43(32)40/h9-11,13-17,19-21,24,26,28-29,32-34,41,43,46H,12,18,22-23,25,27H2,1-8H3/t28-,29?,32?,33?,34?,41?,43?/m0/s1. The van der Waals surface area contributed by atoms with Crippen molar-refractivity contribution < 1.29 is 0 Å². The summed E-state index contributed by atoms with van der Waals surface area (Å²) in [5.41, 5.74) is 14.2. The smallest absolute Gasteiger partial charge is 0.0354 e. The first kappa shape index (κ1) is 31.7. The molecule has 5 aliphatic rings. The summed E-state index contributed by atoms with van der Waals surface area (Å²) in [6.45, 7) is 19.4. The molecule has 0 spiro atoms. The molecule has 1 fully saturated rings. The average Bonchev–Trinajstić information content (AvgIpc) is 3.03. The zero-order chi connectivity index (χ0) is 32.4. The summed E-state index contributed by atoms with van der Waals surface area (Å²) in [7, 11) is 0. The predicted octanol–water partition coefficient (Wildman–Crippen LogP) is 11.5. The summed E-state index contributed by atoms with van der Waals surface area (Å²) in [6, 6.07) is 20.0. The highest BCUT2D eigenvalue weighted by Crippen LogP contribution is 2.50. The molecular weight excluding hydrogens is 555 g/mol. The van der Waals surface area contributed by atoms with Crippen LogP contribution < -0.4 is 5.32 Å². The van der Waals surface area contributed by atoms with Crippen molar-refractivity contribution in [2.45, 2.75) is 112 Å². The van der Waals surface area contributed by atoms with Gasteiger partial charge in [-0.3, -0.25) is 0 Å². The highest BCUT2D eigenvalue weighted by molar-refractivity contribution is 5.85. The van der Waals surface area contributed by atoms with E-state index in [1.54, 1.807) is 22.3 Å². The lowest BCUT2D eigenvalue weighted by Gasteiger charge is -2.47. The Morgan fingerprint density at radius 3 is 2.35 bits per heavy atom. The van der Waals surface area contributed by atoms with Gasteiger partial charge in [0.15, 0.2) is 0 Å². The van der Waals surface area contributed by atoms with Gasteiger partial charge in [-0.15, -0.1) is 0 Å².